The summed E-state index contributed by atoms with van der Waals surface area (Å²) in [5.74, 6) is 0.500. The van der Waals surface area contributed by atoms with Crippen LogP contribution < -0.4 is 10.1 Å². The van der Waals surface area contributed by atoms with Gasteiger partial charge in [-0.15, -0.1) is 0 Å². The van der Waals surface area contributed by atoms with Crippen molar-refractivity contribution in [2.45, 2.75) is 38.6 Å². The van der Waals surface area contributed by atoms with Crippen LogP contribution in [0.15, 0.2) is 41.3 Å². The molecule has 0 aliphatic carbocycles. The first-order valence-electron chi connectivity index (χ1n) is 8.38. The second-order valence-corrected chi connectivity index (χ2v) is 8.66. The Morgan fingerprint density at radius 3 is 2.12 bits per heavy atom. The Kier molecular flexibility index (Phi) is 6.08. The first-order valence-corrected chi connectivity index (χ1v) is 10.3. The maximum Gasteiger partial charge on any atom is 0.258 e. The number of hydrogen-bond donors (Lipinski definition) is 1. The summed E-state index contributed by atoms with van der Waals surface area (Å²) in [4.78, 5) is 12.4. The van der Waals surface area contributed by atoms with Crippen molar-refractivity contribution in [1.29, 1.82) is 0 Å². The summed E-state index contributed by atoms with van der Waals surface area (Å²) < 4.78 is 28.7. The van der Waals surface area contributed by atoms with Crippen LogP contribution in [0.1, 0.15) is 35.2 Å². The number of carbonyl (C=O) groups is 1. The average Bonchev–Trinajstić information content (AvgIpc) is 2.53. The van der Waals surface area contributed by atoms with Crippen molar-refractivity contribution < 1.29 is 17.9 Å². The predicted molar refractivity (Wildman–Crippen MR) is 102 cm³/mol. The molecule has 1 amide bonds. The predicted octanol–water partition coefficient (Wildman–Crippen LogP) is 3.27. The molecule has 0 aliphatic rings. The normalized spacial score (nSPS) is 12.5. The minimum Gasteiger partial charge on any atom is -0.483 e. The molecule has 1 N–H and O–H groups in total. The standard InChI is InChI=1S/C20H25NO4S/c1-13-10-14(2)20(15(3)11-13)25-12-19(22)21-16(4)17-6-8-18(9-7-17)26(5,23)24/h6-11,16H,12H2,1-5H3,(H,21,22)/t16-/m1/s1. The average molecular weight is 375 g/mol. The third-order valence-electron chi connectivity index (χ3n) is 4.14. The van der Waals surface area contributed by atoms with E-state index in [0.717, 1.165) is 28.0 Å². The fourth-order valence-electron chi connectivity index (χ4n) is 2.90. The molecule has 0 aliphatic heterocycles. The largest absolute Gasteiger partial charge is 0.483 e. The van der Waals surface area contributed by atoms with Crippen LogP contribution in [-0.4, -0.2) is 27.2 Å². The highest BCUT2D eigenvalue weighted by Crippen LogP contribution is 2.24. The zero-order chi connectivity index (χ0) is 19.5. The van der Waals surface area contributed by atoms with E-state index in [4.69, 9.17) is 4.74 Å². The van der Waals surface area contributed by atoms with Crippen LogP contribution >= 0.6 is 0 Å². The summed E-state index contributed by atoms with van der Waals surface area (Å²) in [7, 11) is -3.23. The Bertz CT molecular complexity index is 879. The molecule has 6 heteroatoms. The highest BCUT2D eigenvalue weighted by molar-refractivity contribution is 7.90. The summed E-state index contributed by atoms with van der Waals surface area (Å²) in [6, 6.07) is 10.3. The lowest BCUT2D eigenvalue weighted by Crippen LogP contribution is -2.31. The van der Waals surface area contributed by atoms with Gasteiger partial charge in [-0.2, -0.15) is 0 Å². The van der Waals surface area contributed by atoms with Gasteiger partial charge in [0.2, 0.25) is 0 Å². The van der Waals surface area contributed by atoms with Crippen LogP contribution in [0.5, 0.6) is 5.75 Å². The molecule has 0 heterocycles. The molecule has 0 radical (unpaired) electrons. The lowest BCUT2D eigenvalue weighted by Gasteiger charge is -2.16. The van der Waals surface area contributed by atoms with Crippen LogP contribution in [0, 0.1) is 20.8 Å². The van der Waals surface area contributed by atoms with Crippen molar-refractivity contribution in [3.05, 3.63) is 58.7 Å². The second-order valence-electron chi connectivity index (χ2n) is 6.65. The van der Waals surface area contributed by atoms with Gasteiger partial charge in [-0.1, -0.05) is 29.8 Å². The highest BCUT2D eigenvalue weighted by atomic mass is 32.2. The van der Waals surface area contributed by atoms with Crippen molar-refractivity contribution in [3.8, 4) is 5.75 Å². The van der Waals surface area contributed by atoms with Crippen LogP contribution in [-0.2, 0) is 14.6 Å². The summed E-state index contributed by atoms with van der Waals surface area (Å²) in [6.07, 6.45) is 1.17. The minimum absolute atomic E-state index is 0.0729. The molecule has 0 unspecified atom stereocenters. The Morgan fingerprint density at radius 1 is 1.08 bits per heavy atom. The van der Waals surface area contributed by atoms with E-state index in [-0.39, 0.29) is 23.5 Å². The zero-order valence-electron chi connectivity index (χ0n) is 15.8. The van der Waals surface area contributed by atoms with Crippen molar-refractivity contribution in [1.82, 2.24) is 5.32 Å². The third-order valence-corrected chi connectivity index (χ3v) is 5.27. The quantitative estimate of drug-likeness (QED) is 0.841. The van der Waals surface area contributed by atoms with Gasteiger partial charge in [0.15, 0.2) is 16.4 Å². The van der Waals surface area contributed by atoms with Gasteiger partial charge in [0.1, 0.15) is 5.75 Å². The van der Waals surface area contributed by atoms with Crippen molar-refractivity contribution >= 4 is 15.7 Å². The molecule has 26 heavy (non-hydrogen) atoms. The van der Waals surface area contributed by atoms with Gasteiger partial charge in [0.05, 0.1) is 10.9 Å². The number of rotatable bonds is 6. The summed E-state index contributed by atoms with van der Waals surface area (Å²) in [5.41, 5.74) is 3.98. The van der Waals surface area contributed by atoms with Gasteiger partial charge < -0.3 is 10.1 Å². The van der Waals surface area contributed by atoms with Crippen molar-refractivity contribution in [2.75, 3.05) is 12.9 Å². The van der Waals surface area contributed by atoms with Crippen LogP contribution in [0.3, 0.4) is 0 Å². The van der Waals surface area contributed by atoms with Gasteiger partial charge in [-0.3, -0.25) is 4.79 Å². The van der Waals surface area contributed by atoms with Gasteiger partial charge in [0.25, 0.3) is 5.91 Å². The molecule has 2 rings (SSSR count). The smallest absolute Gasteiger partial charge is 0.258 e. The van der Waals surface area contributed by atoms with E-state index in [1.807, 2.05) is 39.8 Å². The number of hydrogen-bond acceptors (Lipinski definition) is 4. The fraction of sp³-hybridized carbons (Fsp3) is 0.350. The SMILES string of the molecule is Cc1cc(C)c(OCC(=O)N[C@H](C)c2ccc(S(C)(=O)=O)cc2)c(C)c1. The van der Waals surface area contributed by atoms with E-state index < -0.39 is 9.84 Å². The molecule has 0 saturated heterocycles. The first-order chi connectivity index (χ1) is 12.1. The molecule has 0 bridgehead atoms. The van der Waals surface area contributed by atoms with Crippen LogP contribution in [0.4, 0.5) is 0 Å². The van der Waals surface area contributed by atoms with E-state index >= 15 is 0 Å². The van der Waals surface area contributed by atoms with Gasteiger partial charge >= 0.3 is 0 Å². The highest BCUT2D eigenvalue weighted by Gasteiger charge is 2.13. The third kappa shape index (κ3) is 5.08. The molecular weight excluding hydrogens is 350 g/mol. The maximum absolute atomic E-state index is 12.2. The van der Waals surface area contributed by atoms with Crippen LogP contribution in [0.2, 0.25) is 0 Å². The molecule has 0 fully saturated rings. The Hall–Kier alpha value is -2.34. The number of carbonyl (C=O) groups excluding carboxylic acids is 1. The molecule has 1 atom stereocenters. The molecule has 0 spiro atoms. The molecule has 140 valence electrons. The topological polar surface area (TPSA) is 72.5 Å². The molecule has 2 aromatic rings. The van der Waals surface area contributed by atoms with Crippen molar-refractivity contribution in [3.63, 3.8) is 0 Å². The van der Waals surface area contributed by atoms with Gasteiger partial charge in [-0.25, -0.2) is 8.42 Å². The second kappa shape index (κ2) is 7.91. The summed E-state index contributed by atoms with van der Waals surface area (Å²) in [6.45, 7) is 7.71. The monoisotopic (exact) mass is 375 g/mol. The van der Waals surface area contributed by atoms with Crippen molar-refractivity contribution in [2.24, 2.45) is 0 Å². The van der Waals surface area contributed by atoms with Crippen LogP contribution in [0.25, 0.3) is 0 Å². The van der Waals surface area contributed by atoms with Gasteiger partial charge in [-0.05, 0) is 56.5 Å². The zero-order valence-corrected chi connectivity index (χ0v) is 16.6. The number of nitrogens with one attached hydrogen (secondary N) is 1. The molecular formula is C20H25NO4S. The summed E-state index contributed by atoms with van der Waals surface area (Å²) >= 11 is 0. The fourth-order valence-corrected chi connectivity index (χ4v) is 3.53. The molecule has 0 aromatic heterocycles. The first kappa shape index (κ1) is 20.0. The van der Waals surface area contributed by atoms with E-state index in [2.05, 4.69) is 5.32 Å². The lowest BCUT2D eigenvalue weighted by molar-refractivity contribution is -0.123. The van der Waals surface area contributed by atoms with Gasteiger partial charge in [0, 0.05) is 6.26 Å². The molecule has 0 saturated carbocycles. The lowest BCUT2D eigenvalue weighted by atomic mass is 10.1. The van der Waals surface area contributed by atoms with E-state index in [9.17, 15) is 13.2 Å². The Balaban J connectivity index is 1.97. The summed E-state index contributed by atoms with van der Waals surface area (Å²) in [5, 5.41) is 2.86. The molecule has 2 aromatic carbocycles. The Labute approximate surface area is 155 Å². The number of amides is 1. The number of aryl methyl sites for hydroxylation is 3. The minimum atomic E-state index is -3.23. The number of ether oxygens (including phenoxy) is 1. The van der Waals surface area contributed by atoms with E-state index in [0.29, 0.717) is 0 Å². The number of sulfone groups is 1. The number of benzene rings is 2. The Morgan fingerprint density at radius 2 is 1.62 bits per heavy atom. The maximum atomic E-state index is 12.2. The molecule has 5 nitrogen and oxygen atoms in total. The van der Waals surface area contributed by atoms with E-state index in [1.165, 1.54) is 6.26 Å². The van der Waals surface area contributed by atoms with E-state index in [1.54, 1.807) is 24.3 Å².